The Kier molecular flexibility index (Phi) is 8.69. The first-order valence-electron chi connectivity index (χ1n) is 12.1. The first-order valence-corrected chi connectivity index (χ1v) is 12.1. The van der Waals surface area contributed by atoms with E-state index in [0.717, 1.165) is 41.2 Å². The minimum absolute atomic E-state index is 0.381. The van der Waals surface area contributed by atoms with Crippen molar-refractivity contribution in [1.82, 2.24) is 0 Å². The maximum absolute atomic E-state index is 13.1. The molecular formula is C29H34O5. The molecule has 0 aliphatic rings. The highest BCUT2D eigenvalue weighted by atomic mass is 16.6. The molecular weight excluding hydrogens is 428 g/mol. The maximum Gasteiger partial charge on any atom is 0.352 e. The molecule has 3 aromatic carbocycles. The zero-order valence-electron chi connectivity index (χ0n) is 20.5. The number of unbranched alkanes of at least 4 members (excludes halogenated alkanes) is 2. The lowest BCUT2D eigenvalue weighted by Gasteiger charge is -2.22. The lowest BCUT2D eigenvalue weighted by atomic mass is 9.86. The molecule has 3 rings (SSSR count). The molecule has 0 saturated heterocycles. The normalized spacial score (nSPS) is 12.8. The Balaban J connectivity index is 1.95. The zero-order valence-corrected chi connectivity index (χ0v) is 20.5. The van der Waals surface area contributed by atoms with Crippen molar-refractivity contribution >= 4 is 22.7 Å². The Labute approximate surface area is 201 Å². The van der Waals surface area contributed by atoms with Gasteiger partial charge in [-0.2, -0.15) is 0 Å². The van der Waals surface area contributed by atoms with E-state index in [1.54, 1.807) is 0 Å². The Bertz CT molecular complexity index is 1130. The summed E-state index contributed by atoms with van der Waals surface area (Å²) in [4.78, 5) is 25.3. The predicted octanol–water partition coefficient (Wildman–Crippen LogP) is 6.97. The second-order valence-corrected chi connectivity index (χ2v) is 8.77. The fraction of sp³-hybridized carbons (Fsp3) is 0.379. The van der Waals surface area contributed by atoms with E-state index in [0.29, 0.717) is 29.9 Å². The Morgan fingerprint density at radius 3 is 2.32 bits per heavy atom. The van der Waals surface area contributed by atoms with Crippen molar-refractivity contribution in [2.45, 2.75) is 71.8 Å². The highest BCUT2D eigenvalue weighted by molar-refractivity contribution is 5.94. The molecule has 0 spiro atoms. The molecule has 0 aliphatic carbocycles. The van der Waals surface area contributed by atoms with Gasteiger partial charge in [0.05, 0.1) is 5.92 Å². The molecule has 0 bridgehead atoms. The van der Waals surface area contributed by atoms with E-state index in [1.807, 2.05) is 75.4 Å². The topological polar surface area (TPSA) is 72.8 Å². The molecule has 2 unspecified atom stereocenters. The van der Waals surface area contributed by atoms with E-state index in [-0.39, 0.29) is 0 Å². The van der Waals surface area contributed by atoms with Crippen LogP contribution >= 0.6 is 0 Å². The van der Waals surface area contributed by atoms with E-state index in [1.165, 1.54) is 0 Å². The molecule has 5 heteroatoms. The number of carboxylic acids is 1. The number of hydrogen-bond donors (Lipinski definition) is 1. The van der Waals surface area contributed by atoms with Crippen LogP contribution in [0.1, 0.15) is 68.6 Å². The summed E-state index contributed by atoms with van der Waals surface area (Å²) in [7, 11) is 0. The van der Waals surface area contributed by atoms with Crippen LogP contribution in [0.4, 0.5) is 0 Å². The number of esters is 1. The molecule has 0 aliphatic heterocycles. The second-order valence-electron chi connectivity index (χ2n) is 8.77. The quantitative estimate of drug-likeness (QED) is 0.189. The summed E-state index contributed by atoms with van der Waals surface area (Å²) in [6, 6.07) is 17.0. The number of aliphatic carboxylic acids is 1. The highest BCUT2D eigenvalue weighted by Crippen LogP contribution is 2.38. The number of benzene rings is 3. The molecule has 0 aromatic heterocycles. The van der Waals surface area contributed by atoms with E-state index < -0.39 is 24.0 Å². The zero-order chi connectivity index (χ0) is 24.7. The van der Waals surface area contributed by atoms with Crippen molar-refractivity contribution in [3.05, 3.63) is 71.3 Å². The van der Waals surface area contributed by atoms with Crippen LogP contribution in [0, 0.1) is 13.8 Å². The number of ether oxygens (including phenoxy) is 2. The van der Waals surface area contributed by atoms with Gasteiger partial charge in [0.1, 0.15) is 11.5 Å². The van der Waals surface area contributed by atoms with Gasteiger partial charge in [-0.15, -0.1) is 0 Å². The number of hydrogen-bond acceptors (Lipinski definition) is 4. The van der Waals surface area contributed by atoms with Crippen LogP contribution in [0.5, 0.6) is 11.5 Å². The summed E-state index contributed by atoms with van der Waals surface area (Å²) in [5.74, 6) is -1.04. The Hall–Kier alpha value is -3.34. The minimum Gasteiger partial charge on any atom is -0.481 e. The molecule has 1 N–H and O–H groups in total. The molecule has 0 heterocycles. The standard InChI is InChI=1S/C29H34O5/c1-5-7-8-13-24(28(30)31)27-20(4)26(18-21-11-9-10-12-23(21)27)34-29(32)25(6-2)33-22-16-14-19(3)15-17-22/h9-12,14-18,24-25H,5-8,13H2,1-4H3,(H,30,31). The minimum atomic E-state index is -0.859. The van der Waals surface area contributed by atoms with E-state index in [2.05, 4.69) is 6.92 Å². The SMILES string of the molecule is CCCCCC(C(=O)O)c1c(C)c(OC(=O)C(CC)Oc2ccc(C)cc2)cc2ccccc12. The Morgan fingerprint density at radius 2 is 1.68 bits per heavy atom. The third-order valence-corrected chi connectivity index (χ3v) is 6.20. The average molecular weight is 463 g/mol. The lowest BCUT2D eigenvalue weighted by molar-refractivity contribution is -0.142. The molecule has 3 aromatic rings. The van der Waals surface area contributed by atoms with Gasteiger partial charge in [-0.25, -0.2) is 4.79 Å². The fourth-order valence-electron chi connectivity index (χ4n) is 4.25. The molecule has 0 saturated carbocycles. The first kappa shape index (κ1) is 25.3. The van der Waals surface area contributed by atoms with Crippen LogP contribution in [-0.4, -0.2) is 23.1 Å². The monoisotopic (exact) mass is 462 g/mol. The maximum atomic E-state index is 13.1. The van der Waals surface area contributed by atoms with Crippen LogP contribution in [0.25, 0.3) is 10.8 Å². The van der Waals surface area contributed by atoms with Crippen LogP contribution in [-0.2, 0) is 9.59 Å². The van der Waals surface area contributed by atoms with Gasteiger partial charge in [0.15, 0.2) is 6.10 Å². The highest BCUT2D eigenvalue weighted by Gasteiger charge is 2.27. The van der Waals surface area contributed by atoms with E-state index in [9.17, 15) is 14.7 Å². The van der Waals surface area contributed by atoms with Crippen molar-refractivity contribution < 1.29 is 24.2 Å². The van der Waals surface area contributed by atoms with Gasteiger partial charge in [-0.05, 0) is 66.8 Å². The largest absolute Gasteiger partial charge is 0.481 e. The van der Waals surface area contributed by atoms with E-state index in [4.69, 9.17) is 9.47 Å². The number of rotatable bonds is 11. The molecule has 5 nitrogen and oxygen atoms in total. The molecule has 0 amide bonds. The van der Waals surface area contributed by atoms with Gasteiger partial charge in [0.2, 0.25) is 0 Å². The molecule has 180 valence electrons. The van der Waals surface area contributed by atoms with Crippen LogP contribution < -0.4 is 9.47 Å². The van der Waals surface area contributed by atoms with E-state index >= 15 is 0 Å². The smallest absolute Gasteiger partial charge is 0.352 e. The summed E-state index contributed by atoms with van der Waals surface area (Å²) >= 11 is 0. The van der Waals surface area contributed by atoms with Gasteiger partial charge in [-0.3, -0.25) is 4.79 Å². The van der Waals surface area contributed by atoms with Crippen molar-refractivity contribution in [3.8, 4) is 11.5 Å². The number of aryl methyl sites for hydroxylation is 1. The van der Waals surface area contributed by atoms with Crippen molar-refractivity contribution in [2.75, 3.05) is 0 Å². The number of carboxylic acid groups (broad SMARTS) is 1. The van der Waals surface area contributed by atoms with Crippen molar-refractivity contribution in [2.24, 2.45) is 0 Å². The van der Waals surface area contributed by atoms with Crippen molar-refractivity contribution in [3.63, 3.8) is 0 Å². The first-order chi connectivity index (χ1) is 16.3. The molecule has 0 fully saturated rings. The van der Waals surface area contributed by atoms with Gasteiger partial charge < -0.3 is 14.6 Å². The van der Waals surface area contributed by atoms with Gasteiger partial charge in [0.25, 0.3) is 0 Å². The summed E-state index contributed by atoms with van der Waals surface area (Å²) in [6.07, 6.45) is 3.04. The third-order valence-electron chi connectivity index (χ3n) is 6.20. The third kappa shape index (κ3) is 5.96. The van der Waals surface area contributed by atoms with Crippen LogP contribution in [0.15, 0.2) is 54.6 Å². The molecule has 0 radical (unpaired) electrons. The molecule has 34 heavy (non-hydrogen) atoms. The number of carbonyl (C=O) groups excluding carboxylic acids is 1. The van der Waals surface area contributed by atoms with Crippen molar-refractivity contribution in [1.29, 1.82) is 0 Å². The summed E-state index contributed by atoms with van der Waals surface area (Å²) in [6.45, 7) is 7.79. The van der Waals surface area contributed by atoms with Crippen LogP contribution in [0.2, 0.25) is 0 Å². The van der Waals surface area contributed by atoms with Gasteiger partial charge in [0, 0.05) is 0 Å². The average Bonchev–Trinajstić information content (AvgIpc) is 2.82. The second kappa shape index (κ2) is 11.7. The Morgan fingerprint density at radius 1 is 0.971 bits per heavy atom. The van der Waals surface area contributed by atoms with Gasteiger partial charge in [-0.1, -0.05) is 75.1 Å². The fourth-order valence-corrected chi connectivity index (χ4v) is 4.25. The van der Waals surface area contributed by atoms with Crippen LogP contribution in [0.3, 0.4) is 0 Å². The predicted molar refractivity (Wildman–Crippen MR) is 135 cm³/mol. The van der Waals surface area contributed by atoms with Gasteiger partial charge >= 0.3 is 11.9 Å². The lowest BCUT2D eigenvalue weighted by Crippen LogP contribution is -2.31. The summed E-state index contributed by atoms with van der Waals surface area (Å²) in [5, 5.41) is 11.8. The molecule has 2 atom stereocenters. The number of fused-ring (bicyclic) bond motifs is 1. The summed E-state index contributed by atoms with van der Waals surface area (Å²) in [5.41, 5.74) is 2.51. The summed E-state index contributed by atoms with van der Waals surface area (Å²) < 4.78 is 11.7. The number of carbonyl (C=O) groups is 2.